The number of halogens is 1. The highest BCUT2D eigenvalue weighted by Gasteiger charge is 2.16. The molecule has 0 aliphatic rings. The fourth-order valence-corrected chi connectivity index (χ4v) is 0.744. The van der Waals surface area contributed by atoms with Crippen molar-refractivity contribution in [1.82, 2.24) is 4.98 Å². The number of aliphatic hydroxyl groups is 1. The van der Waals surface area contributed by atoms with E-state index in [1.165, 1.54) is 0 Å². The molecule has 0 aliphatic heterocycles. The maximum absolute atomic E-state index is 10.2. The zero-order valence-electron chi connectivity index (χ0n) is 14.3. The molecule has 1 N–H and O–H groups in total. The van der Waals surface area contributed by atoms with E-state index in [9.17, 15) is 5.11 Å². The summed E-state index contributed by atoms with van der Waals surface area (Å²) < 4.78 is 65.7. The van der Waals surface area contributed by atoms with E-state index in [0.717, 1.165) is 0 Å². The predicted molar refractivity (Wildman–Crippen MR) is 47.2 cm³/mol. The quantitative estimate of drug-likeness (QED) is 0.793. The van der Waals surface area contributed by atoms with Crippen LogP contribution >= 0.6 is 15.9 Å². The van der Waals surface area contributed by atoms with Crippen LogP contribution in [0, 0.1) is 0 Å². The molecule has 0 fully saturated rings. The van der Waals surface area contributed by atoms with Crippen LogP contribution in [0.2, 0.25) is 0 Å². The Morgan fingerprint density at radius 1 is 1.82 bits per heavy atom. The molecule has 1 rings (SSSR count). The van der Waals surface area contributed by atoms with Gasteiger partial charge < -0.3 is 5.11 Å². The summed E-state index contributed by atoms with van der Waals surface area (Å²) in [6.45, 7) is -6.78. The Hall–Kier alpha value is -0.410. The van der Waals surface area contributed by atoms with Gasteiger partial charge in [-0.1, -0.05) is 15.9 Å². The summed E-state index contributed by atoms with van der Waals surface area (Å²) in [4.78, 5) is 3.33. The second-order valence-corrected chi connectivity index (χ2v) is 2.64. The van der Waals surface area contributed by atoms with Crippen LogP contribution in [-0.2, 0) is 5.60 Å². The Kier molecular flexibility index (Phi) is 0.672. The first kappa shape index (κ1) is 2.54. The molecule has 1 heterocycles. The number of nitrogens with zero attached hydrogens (tertiary/aromatic N) is 1. The van der Waals surface area contributed by atoms with Gasteiger partial charge in [-0.15, -0.1) is 0 Å². The summed E-state index contributed by atoms with van der Waals surface area (Å²) in [5.41, 5.74) is -4.38. The van der Waals surface area contributed by atoms with Crippen LogP contribution < -0.4 is 0 Å². The van der Waals surface area contributed by atoms with Crippen LogP contribution in [0.5, 0.6) is 0 Å². The highest BCUT2D eigenvalue weighted by Crippen LogP contribution is 2.19. The summed E-state index contributed by atoms with van der Waals surface area (Å²) in [7, 11) is 0. The van der Waals surface area contributed by atoms with Gasteiger partial charge >= 0.3 is 0 Å². The summed E-state index contributed by atoms with van der Waals surface area (Å²) in [6, 6.07) is -1.25. The van der Waals surface area contributed by atoms with Gasteiger partial charge in [-0.25, -0.2) is 0 Å². The third-order valence-corrected chi connectivity index (χ3v) is 1.30. The first-order valence-corrected chi connectivity index (χ1v) is 3.40. The van der Waals surface area contributed by atoms with Crippen LogP contribution in [0.15, 0.2) is 22.7 Å². The molecule has 0 atom stereocenters. The molecule has 2 nitrogen and oxygen atoms in total. The fraction of sp³-hybridized carbons (Fsp3) is 0.375. The maximum Gasteiger partial charge on any atom is 0.101 e. The lowest BCUT2D eigenvalue weighted by Gasteiger charge is -2.15. The van der Waals surface area contributed by atoms with E-state index in [0.29, 0.717) is 0 Å². The van der Waals surface area contributed by atoms with Crippen LogP contribution in [0.1, 0.15) is 31.7 Å². The molecule has 3 heteroatoms. The topological polar surface area (TPSA) is 33.1 Å². The highest BCUT2D eigenvalue weighted by atomic mass is 79.9. The summed E-state index contributed by atoms with van der Waals surface area (Å²) in [5, 5.41) is 10.2. The highest BCUT2D eigenvalue weighted by molar-refractivity contribution is 9.10. The van der Waals surface area contributed by atoms with Crippen LogP contribution in [0.3, 0.4) is 0 Å². The van der Waals surface area contributed by atoms with Gasteiger partial charge in [-0.2, -0.15) is 0 Å². The largest absolute Gasteiger partial charge is 0.384 e. The van der Waals surface area contributed by atoms with Gasteiger partial charge in [-0.3, -0.25) is 4.98 Å². The molecule has 60 valence electrons. The van der Waals surface area contributed by atoms with E-state index in [1.807, 2.05) is 0 Å². The van der Waals surface area contributed by atoms with Gasteiger partial charge in [0.25, 0.3) is 0 Å². The maximum atomic E-state index is 10.2. The summed E-state index contributed by atoms with van der Waals surface area (Å²) in [5.74, 6) is 0. The fourth-order valence-electron chi connectivity index (χ4n) is 0.467. The second-order valence-electron chi connectivity index (χ2n) is 1.85. The number of rotatable bonds is 1. The smallest absolute Gasteiger partial charge is 0.101 e. The van der Waals surface area contributed by atoms with Crippen LogP contribution in [0.4, 0.5) is 0 Å². The number of hydrogen-bond acceptors (Lipinski definition) is 2. The number of pyridine rings is 1. The molecule has 0 amide bonds. The van der Waals surface area contributed by atoms with E-state index in [4.69, 9.17) is 12.3 Å². The third-order valence-electron chi connectivity index (χ3n) is 0.904. The van der Waals surface area contributed by atoms with Gasteiger partial charge in [-0.05, 0) is 25.8 Å². The average Bonchev–Trinajstić information content (AvgIpc) is 2.27. The van der Waals surface area contributed by atoms with E-state index in [1.54, 1.807) is 0 Å². The molecular formula is C8H10BrNO. The molecule has 0 spiro atoms. The van der Waals surface area contributed by atoms with Gasteiger partial charge in [0.2, 0.25) is 0 Å². The van der Waals surface area contributed by atoms with Crippen molar-refractivity contribution < 1.29 is 17.4 Å². The van der Waals surface area contributed by atoms with Crippen molar-refractivity contribution in [2.75, 3.05) is 0 Å². The van der Waals surface area contributed by atoms with E-state index >= 15 is 0 Å². The Morgan fingerprint density at radius 3 is 3.18 bits per heavy atom. The molecule has 0 bridgehead atoms. The van der Waals surface area contributed by atoms with Gasteiger partial charge in [0.1, 0.15) is 5.60 Å². The summed E-state index contributed by atoms with van der Waals surface area (Å²) >= 11 is 2.79. The predicted octanol–water partition coefficient (Wildman–Crippen LogP) is 2.07. The van der Waals surface area contributed by atoms with E-state index < -0.39 is 43.3 Å². The van der Waals surface area contributed by atoms with Crippen molar-refractivity contribution in [1.29, 1.82) is 0 Å². The van der Waals surface area contributed by atoms with Gasteiger partial charge in [0.05, 0.1) is 9.81 Å². The first-order valence-electron chi connectivity index (χ1n) is 7.11. The van der Waals surface area contributed by atoms with Crippen molar-refractivity contribution in [3.63, 3.8) is 0 Å². The van der Waals surface area contributed by atoms with Crippen molar-refractivity contribution in [3.8, 4) is 0 Å². The Balaban J connectivity index is 3.79. The lowest BCUT2D eigenvalue weighted by Crippen LogP contribution is -2.17. The molecule has 0 radical (unpaired) electrons. The number of hydrogen-bond donors (Lipinski definition) is 1. The minimum absolute atomic E-state index is 0.306. The van der Waals surface area contributed by atoms with Crippen molar-refractivity contribution in [3.05, 3.63) is 28.4 Å². The molecule has 0 aromatic carbocycles. The Morgan fingerprint density at radius 2 is 2.55 bits per heavy atom. The molecular weight excluding hydrogens is 206 g/mol. The monoisotopic (exact) mass is 224 g/mol. The molecule has 11 heavy (non-hydrogen) atoms. The summed E-state index contributed by atoms with van der Waals surface area (Å²) in [6.07, 6.45) is -0.741. The third kappa shape index (κ3) is 2.27. The SMILES string of the molecule is [2H]c1nc(C(O)(C([2H])([2H])[2H])C([2H])([2H])[2H])c([2H])c(Br)c1[2H]. The van der Waals surface area contributed by atoms with Crippen LogP contribution in [0.25, 0.3) is 0 Å². The standard InChI is InChI=1S/C8H10BrNO/c1-8(2,11)7-5-6(9)3-4-10-7/h3-5,11H,1-2H3/i1D3,2D3,3D,4D,5D. The zero-order chi connectivity index (χ0) is 16.1. The van der Waals surface area contributed by atoms with Crippen molar-refractivity contribution in [2.24, 2.45) is 0 Å². The molecule has 0 saturated heterocycles. The van der Waals surface area contributed by atoms with E-state index in [-0.39, 0.29) is 4.47 Å². The van der Waals surface area contributed by atoms with Gasteiger partial charge in [0, 0.05) is 18.9 Å². The minimum atomic E-state index is -3.40. The lowest BCUT2D eigenvalue weighted by molar-refractivity contribution is 0.0738. The van der Waals surface area contributed by atoms with Crippen LogP contribution in [-0.4, -0.2) is 10.1 Å². The number of aromatic nitrogens is 1. The Bertz CT molecular complexity index is 524. The minimum Gasteiger partial charge on any atom is -0.384 e. The lowest BCUT2D eigenvalue weighted by atomic mass is 10.1. The molecule has 0 aliphatic carbocycles. The normalized spacial score (nSPS) is 25.8. The van der Waals surface area contributed by atoms with E-state index in [2.05, 4.69) is 20.9 Å². The molecule has 1 aromatic heterocycles. The van der Waals surface area contributed by atoms with Gasteiger partial charge in [0.15, 0.2) is 0 Å². The molecule has 0 unspecified atom stereocenters. The zero-order valence-corrected chi connectivity index (χ0v) is 6.86. The first-order chi connectivity index (χ1) is 8.75. The van der Waals surface area contributed by atoms with Crippen molar-refractivity contribution >= 4 is 15.9 Å². The van der Waals surface area contributed by atoms with Crippen molar-refractivity contribution in [2.45, 2.75) is 19.3 Å². The average molecular weight is 225 g/mol. The second kappa shape index (κ2) is 2.91. The molecule has 1 aromatic rings. The Labute approximate surface area is 87.1 Å². The molecule has 0 saturated carbocycles.